The van der Waals surface area contributed by atoms with Gasteiger partial charge in [-0.1, -0.05) is 23.2 Å². The van der Waals surface area contributed by atoms with Crippen molar-refractivity contribution in [2.75, 3.05) is 11.9 Å². The molecule has 10 heteroatoms. The number of hydrogen-bond acceptors (Lipinski definition) is 6. The Bertz CT molecular complexity index is 1170. The average Bonchev–Trinajstić information content (AvgIpc) is 3.30. The summed E-state index contributed by atoms with van der Waals surface area (Å²) in [5, 5.41) is 11.7. The summed E-state index contributed by atoms with van der Waals surface area (Å²) < 4.78 is 12.8. The summed E-state index contributed by atoms with van der Waals surface area (Å²) in [6, 6.07) is 15.1. The highest BCUT2D eigenvalue weighted by molar-refractivity contribution is 6.35. The van der Waals surface area contributed by atoms with Crippen LogP contribution < -0.4 is 14.8 Å². The third-order valence-corrected chi connectivity index (χ3v) is 4.54. The summed E-state index contributed by atoms with van der Waals surface area (Å²) in [6.45, 7) is -0.196. The van der Waals surface area contributed by atoms with Gasteiger partial charge in [0.05, 0.1) is 5.02 Å². The highest BCUT2D eigenvalue weighted by atomic mass is 35.5. The fourth-order valence-electron chi connectivity index (χ4n) is 2.56. The minimum absolute atomic E-state index is 0.196. The Morgan fingerprint density at radius 3 is 2.55 bits per heavy atom. The number of nitrogens with one attached hydrogen (secondary N) is 1. The van der Waals surface area contributed by atoms with E-state index in [0.29, 0.717) is 38.9 Å². The number of amides is 1. The van der Waals surface area contributed by atoms with Gasteiger partial charge in [0.15, 0.2) is 12.4 Å². The SMILES string of the molecule is O=C(COc1ccc(Cl)cc1Cl)Nc1ccc(Oc2ccc(-n3ccnc3)nn2)cc1. The molecule has 1 amide bonds. The lowest BCUT2D eigenvalue weighted by atomic mass is 10.3. The van der Waals surface area contributed by atoms with Crippen molar-refractivity contribution in [3.05, 3.63) is 83.4 Å². The zero-order valence-electron chi connectivity index (χ0n) is 15.9. The molecule has 0 aliphatic carbocycles. The Morgan fingerprint density at radius 2 is 1.87 bits per heavy atom. The lowest BCUT2D eigenvalue weighted by Gasteiger charge is -2.10. The van der Waals surface area contributed by atoms with Crippen molar-refractivity contribution in [2.24, 2.45) is 0 Å². The summed E-state index contributed by atoms with van der Waals surface area (Å²) in [7, 11) is 0. The van der Waals surface area contributed by atoms with Crippen LogP contribution in [0.25, 0.3) is 5.82 Å². The van der Waals surface area contributed by atoms with Gasteiger partial charge in [-0.15, -0.1) is 10.2 Å². The largest absolute Gasteiger partial charge is 0.482 e. The van der Waals surface area contributed by atoms with Crippen LogP contribution in [0.15, 0.2) is 73.3 Å². The molecule has 1 N–H and O–H groups in total. The third-order valence-electron chi connectivity index (χ3n) is 4.01. The number of nitrogens with zero attached hydrogens (tertiary/aromatic N) is 4. The molecule has 8 nitrogen and oxygen atoms in total. The van der Waals surface area contributed by atoms with E-state index in [1.807, 2.05) is 0 Å². The van der Waals surface area contributed by atoms with Crippen molar-refractivity contribution in [3.8, 4) is 23.2 Å². The minimum Gasteiger partial charge on any atom is -0.482 e. The van der Waals surface area contributed by atoms with Crippen LogP contribution >= 0.6 is 23.2 Å². The van der Waals surface area contributed by atoms with Gasteiger partial charge in [0.25, 0.3) is 5.91 Å². The fraction of sp³-hybridized carbons (Fsp3) is 0.0476. The van der Waals surface area contributed by atoms with Gasteiger partial charge in [-0.2, -0.15) is 0 Å². The van der Waals surface area contributed by atoms with Crippen molar-refractivity contribution in [2.45, 2.75) is 0 Å². The maximum atomic E-state index is 12.1. The van der Waals surface area contributed by atoms with Gasteiger partial charge >= 0.3 is 0 Å². The predicted octanol–water partition coefficient (Wildman–Crippen LogP) is 4.78. The molecule has 0 aliphatic heterocycles. The highest BCUT2D eigenvalue weighted by Crippen LogP contribution is 2.27. The lowest BCUT2D eigenvalue weighted by molar-refractivity contribution is -0.118. The van der Waals surface area contributed by atoms with Crippen molar-refractivity contribution in [1.82, 2.24) is 19.7 Å². The summed E-state index contributed by atoms with van der Waals surface area (Å²) in [4.78, 5) is 16.1. The van der Waals surface area contributed by atoms with E-state index in [4.69, 9.17) is 32.7 Å². The van der Waals surface area contributed by atoms with E-state index in [1.165, 1.54) is 0 Å². The van der Waals surface area contributed by atoms with E-state index in [2.05, 4.69) is 20.5 Å². The molecule has 4 aromatic rings. The molecule has 0 saturated heterocycles. The maximum absolute atomic E-state index is 12.1. The summed E-state index contributed by atoms with van der Waals surface area (Å²) in [6.07, 6.45) is 5.06. The Labute approximate surface area is 187 Å². The van der Waals surface area contributed by atoms with E-state index in [0.717, 1.165) is 0 Å². The molecule has 156 valence electrons. The van der Waals surface area contributed by atoms with Crippen molar-refractivity contribution < 1.29 is 14.3 Å². The number of benzene rings is 2. The molecule has 0 spiro atoms. The second-order valence-electron chi connectivity index (χ2n) is 6.24. The highest BCUT2D eigenvalue weighted by Gasteiger charge is 2.08. The maximum Gasteiger partial charge on any atom is 0.262 e. The van der Waals surface area contributed by atoms with Crippen molar-refractivity contribution >= 4 is 34.8 Å². The Balaban J connectivity index is 1.30. The van der Waals surface area contributed by atoms with Gasteiger partial charge in [0.2, 0.25) is 5.88 Å². The van der Waals surface area contributed by atoms with Gasteiger partial charge in [-0.25, -0.2) is 4.98 Å². The Kier molecular flexibility index (Phi) is 6.30. The molecule has 2 heterocycles. The molecule has 0 fully saturated rings. The van der Waals surface area contributed by atoms with E-state index in [9.17, 15) is 4.79 Å². The number of halogens is 2. The first-order chi connectivity index (χ1) is 15.1. The topological polar surface area (TPSA) is 91.2 Å². The van der Waals surface area contributed by atoms with Crippen LogP contribution in [0.4, 0.5) is 5.69 Å². The molecule has 0 radical (unpaired) electrons. The molecule has 0 atom stereocenters. The summed E-state index contributed by atoms with van der Waals surface area (Å²) in [5.74, 6) is 1.57. The average molecular weight is 456 g/mol. The van der Waals surface area contributed by atoms with Crippen LogP contribution in [0.5, 0.6) is 17.4 Å². The van der Waals surface area contributed by atoms with Gasteiger partial charge in [0, 0.05) is 29.2 Å². The molecule has 2 aromatic carbocycles. The molecular weight excluding hydrogens is 441 g/mol. The Hall–Kier alpha value is -3.62. The normalized spacial score (nSPS) is 10.5. The van der Waals surface area contributed by atoms with Crippen LogP contribution in [0.1, 0.15) is 0 Å². The molecule has 0 aliphatic rings. The number of aromatic nitrogens is 4. The van der Waals surface area contributed by atoms with Crippen molar-refractivity contribution in [1.29, 1.82) is 0 Å². The number of anilines is 1. The minimum atomic E-state index is -0.333. The number of hydrogen-bond donors (Lipinski definition) is 1. The van der Waals surface area contributed by atoms with Crippen LogP contribution in [0.2, 0.25) is 10.0 Å². The summed E-state index contributed by atoms with van der Waals surface area (Å²) >= 11 is 11.9. The zero-order chi connectivity index (χ0) is 21.6. The molecule has 31 heavy (non-hydrogen) atoms. The second kappa shape index (κ2) is 9.46. The monoisotopic (exact) mass is 455 g/mol. The molecular formula is C21H15Cl2N5O3. The van der Waals surface area contributed by atoms with E-state index < -0.39 is 0 Å². The fourth-order valence-corrected chi connectivity index (χ4v) is 3.02. The van der Waals surface area contributed by atoms with E-state index in [1.54, 1.807) is 77.9 Å². The lowest BCUT2D eigenvalue weighted by Crippen LogP contribution is -2.20. The van der Waals surface area contributed by atoms with Gasteiger partial charge in [-0.3, -0.25) is 9.36 Å². The number of imidazole rings is 1. The van der Waals surface area contributed by atoms with E-state index >= 15 is 0 Å². The van der Waals surface area contributed by atoms with Gasteiger partial charge in [0.1, 0.15) is 17.8 Å². The van der Waals surface area contributed by atoms with Crippen LogP contribution in [0, 0.1) is 0 Å². The summed E-state index contributed by atoms with van der Waals surface area (Å²) in [5.41, 5.74) is 0.588. The molecule has 0 unspecified atom stereocenters. The number of ether oxygens (including phenoxy) is 2. The zero-order valence-corrected chi connectivity index (χ0v) is 17.4. The number of carbonyl (C=O) groups is 1. The molecule has 4 rings (SSSR count). The van der Waals surface area contributed by atoms with Crippen molar-refractivity contribution in [3.63, 3.8) is 0 Å². The third kappa shape index (κ3) is 5.50. The van der Waals surface area contributed by atoms with Crippen LogP contribution in [-0.2, 0) is 4.79 Å². The van der Waals surface area contributed by atoms with Gasteiger partial charge < -0.3 is 14.8 Å². The molecule has 0 saturated carbocycles. The number of carbonyl (C=O) groups excluding carboxylic acids is 1. The van der Waals surface area contributed by atoms with Gasteiger partial charge in [-0.05, 0) is 48.5 Å². The Morgan fingerprint density at radius 1 is 1.03 bits per heavy atom. The smallest absolute Gasteiger partial charge is 0.262 e. The second-order valence-corrected chi connectivity index (χ2v) is 7.08. The van der Waals surface area contributed by atoms with Crippen LogP contribution in [0.3, 0.4) is 0 Å². The first-order valence-corrected chi connectivity index (χ1v) is 9.80. The van der Waals surface area contributed by atoms with E-state index in [-0.39, 0.29) is 12.5 Å². The predicted molar refractivity (Wildman–Crippen MR) is 116 cm³/mol. The first-order valence-electron chi connectivity index (χ1n) is 9.04. The quantitative estimate of drug-likeness (QED) is 0.431. The number of rotatable bonds is 7. The standard InChI is InChI=1S/C21H15Cl2N5O3/c22-14-1-6-18(17(23)11-14)30-12-20(29)25-15-2-4-16(5-3-15)31-21-8-7-19(26-27-21)28-10-9-24-13-28/h1-11,13H,12H2,(H,25,29). The van der Waals surface area contributed by atoms with Crippen LogP contribution in [-0.4, -0.2) is 32.3 Å². The molecule has 0 bridgehead atoms. The first kappa shape index (κ1) is 20.6. The molecule has 2 aromatic heterocycles.